The number of ketones is 2. The van der Waals surface area contributed by atoms with E-state index >= 15 is 0 Å². The van der Waals surface area contributed by atoms with Gasteiger partial charge in [-0.1, -0.05) is 42.5 Å². The number of methoxy groups -OCH3 is 3. The van der Waals surface area contributed by atoms with Crippen molar-refractivity contribution in [3.8, 4) is 23.0 Å². The van der Waals surface area contributed by atoms with Crippen molar-refractivity contribution in [2.75, 3.05) is 27.9 Å². The Kier molecular flexibility index (Phi) is 5.84. The molecule has 4 aromatic rings. The van der Waals surface area contributed by atoms with Gasteiger partial charge in [0.25, 0.3) is 0 Å². The monoisotopic (exact) mass is 549 g/mol. The van der Waals surface area contributed by atoms with E-state index in [1.807, 2.05) is 48.5 Å². The van der Waals surface area contributed by atoms with Gasteiger partial charge in [0.1, 0.15) is 5.54 Å². The summed E-state index contributed by atoms with van der Waals surface area (Å²) in [5.74, 6) is 0.153. The minimum atomic E-state index is -1.16. The largest absolute Gasteiger partial charge is 0.504 e. The fraction of sp³-hybridized carbons (Fsp3) is 0.294. The first-order valence-corrected chi connectivity index (χ1v) is 13.9. The molecule has 2 fully saturated rings. The Hall–Kier alpha value is -4.36. The first-order chi connectivity index (χ1) is 19.9. The molecule has 0 saturated carbocycles. The van der Waals surface area contributed by atoms with E-state index in [2.05, 4.69) is 4.90 Å². The highest BCUT2D eigenvalue weighted by Crippen LogP contribution is 2.62. The maximum absolute atomic E-state index is 15.0. The molecule has 1 N–H and O–H groups in total. The summed E-state index contributed by atoms with van der Waals surface area (Å²) in [5.41, 5.74) is 1.72. The van der Waals surface area contributed by atoms with E-state index in [1.165, 1.54) is 7.11 Å². The first kappa shape index (κ1) is 25.6. The minimum absolute atomic E-state index is 0.0247. The molecule has 1 spiro atoms. The molecule has 0 amide bonds. The predicted molar refractivity (Wildman–Crippen MR) is 154 cm³/mol. The zero-order valence-electron chi connectivity index (χ0n) is 23.2. The van der Waals surface area contributed by atoms with Crippen LogP contribution >= 0.6 is 0 Å². The van der Waals surface area contributed by atoms with E-state index in [1.54, 1.807) is 38.5 Å². The van der Waals surface area contributed by atoms with Crippen molar-refractivity contribution in [1.29, 1.82) is 0 Å². The normalized spacial score (nSPS) is 24.7. The molecule has 2 saturated heterocycles. The SMILES string of the molecule is COc1cc(C2C3CCCN3C3(C(=O)c4cccc5cccc3c45)C2C(=O)c2ccc(OC)c(OC)c2)ccc1O. The summed E-state index contributed by atoms with van der Waals surface area (Å²) in [6.07, 6.45) is 1.78. The number of phenols is 1. The second-order valence-electron chi connectivity index (χ2n) is 11.1. The average molecular weight is 550 g/mol. The molecule has 7 heteroatoms. The Labute approximate surface area is 238 Å². The molecule has 3 aliphatic rings. The fourth-order valence-corrected chi connectivity index (χ4v) is 7.87. The second-order valence-corrected chi connectivity index (χ2v) is 11.1. The number of fused-ring (bicyclic) bond motifs is 3. The van der Waals surface area contributed by atoms with Crippen LogP contribution in [0.15, 0.2) is 72.8 Å². The quantitative estimate of drug-likeness (QED) is 0.308. The number of hydrogen-bond donors (Lipinski definition) is 1. The smallest absolute Gasteiger partial charge is 0.189 e. The van der Waals surface area contributed by atoms with Crippen LogP contribution in [-0.2, 0) is 5.54 Å². The molecule has 4 aromatic carbocycles. The van der Waals surface area contributed by atoms with Crippen molar-refractivity contribution in [2.45, 2.75) is 30.3 Å². The summed E-state index contributed by atoms with van der Waals surface area (Å²) in [7, 11) is 4.62. The van der Waals surface area contributed by atoms with E-state index in [-0.39, 0.29) is 29.3 Å². The topological polar surface area (TPSA) is 85.3 Å². The second kappa shape index (κ2) is 9.35. The summed E-state index contributed by atoms with van der Waals surface area (Å²) in [4.78, 5) is 32.1. The van der Waals surface area contributed by atoms with Gasteiger partial charge in [0.2, 0.25) is 0 Å². The molecule has 2 aliphatic heterocycles. The molecule has 1 aliphatic carbocycles. The van der Waals surface area contributed by atoms with E-state index in [4.69, 9.17) is 14.2 Å². The number of phenolic OH excluding ortho intramolecular Hbond substituents is 1. The number of carbonyl (C=O) groups excluding carboxylic acids is 2. The molecule has 4 unspecified atom stereocenters. The van der Waals surface area contributed by atoms with Gasteiger partial charge in [-0.2, -0.15) is 0 Å². The van der Waals surface area contributed by atoms with Gasteiger partial charge < -0.3 is 19.3 Å². The van der Waals surface area contributed by atoms with Crippen LogP contribution in [0.4, 0.5) is 0 Å². The highest BCUT2D eigenvalue weighted by molar-refractivity contribution is 6.22. The van der Waals surface area contributed by atoms with Crippen molar-refractivity contribution in [1.82, 2.24) is 4.90 Å². The number of rotatable bonds is 6. The summed E-state index contributed by atoms with van der Waals surface area (Å²) in [6, 6.07) is 22.3. The standard InChI is InChI=1S/C34H31NO6/c1-39-26-15-13-21(18-28(26)41-3)32(37)31-30(20-12-14-25(36)27(17-20)40-2)24-11-6-16-35(24)34(31)23-10-5-8-19-7-4-9-22(29(19)23)33(34)38/h4-5,7-10,12-15,17-18,24,30-31,36H,6,11,16H2,1-3H3. The molecule has 4 atom stereocenters. The van der Waals surface area contributed by atoms with Gasteiger partial charge in [0, 0.05) is 23.1 Å². The molecule has 41 heavy (non-hydrogen) atoms. The summed E-state index contributed by atoms with van der Waals surface area (Å²) in [6.45, 7) is 0.711. The third kappa shape index (κ3) is 3.36. The minimum Gasteiger partial charge on any atom is -0.504 e. The zero-order valence-corrected chi connectivity index (χ0v) is 23.2. The molecule has 0 radical (unpaired) electrons. The van der Waals surface area contributed by atoms with E-state index in [0.717, 1.165) is 34.7 Å². The van der Waals surface area contributed by atoms with Crippen molar-refractivity contribution in [3.05, 3.63) is 95.1 Å². The molecule has 7 nitrogen and oxygen atoms in total. The first-order valence-electron chi connectivity index (χ1n) is 13.9. The van der Waals surface area contributed by atoms with Gasteiger partial charge in [0.15, 0.2) is 34.6 Å². The van der Waals surface area contributed by atoms with Crippen molar-refractivity contribution in [2.24, 2.45) is 5.92 Å². The van der Waals surface area contributed by atoms with Crippen molar-refractivity contribution < 1.29 is 28.9 Å². The highest BCUT2D eigenvalue weighted by Gasteiger charge is 2.69. The Morgan fingerprint density at radius 2 is 1.66 bits per heavy atom. The van der Waals surface area contributed by atoms with Gasteiger partial charge in [-0.15, -0.1) is 0 Å². The van der Waals surface area contributed by atoms with Crippen LogP contribution in [0.1, 0.15) is 50.6 Å². The third-order valence-corrected chi connectivity index (χ3v) is 9.42. The van der Waals surface area contributed by atoms with Crippen LogP contribution in [0.5, 0.6) is 23.0 Å². The van der Waals surface area contributed by atoms with Crippen LogP contribution < -0.4 is 14.2 Å². The predicted octanol–water partition coefficient (Wildman–Crippen LogP) is 5.72. The van der Waals surface area contributed by atoms with E-state index in [9.17, 15) is 14.7 Å². The van der Waals surface area contributed by atoms with Crippen LogP contribution in [-0.4, -0.2) is 55.5 Å². The van der Waals surface area contributed by atoms with Crippen LogP contribution in [0.2, 0.25) is 0 Å². The maximum atomic E-state index is 15.0. The summed E-state index contributed by atoms with van der Waals surface area (Å²) in [5, 5.41) is 12.3. The third-order valence-electron chi connectivity index (χ3n) is 9.42. The summed E-state index contributed by atoms with van der Waals surface area (Å²) < 4.78 is 16.5. The van der Waals surface area contributed by atoms with Gasteiger partial charge in [-0.25, -0.2) is 0 Å². The lowest BCUT2D eigenvalue weighted by molar-refractivity contribution is 0.0519. The molecule has 0 bridgehead atoms. The van der Waals surface area contributed by atoms with Crippen molar-refractivity contribution in [3.63, 3.8) is 0 Å². The van der Waals surface area contributed by atoms with Crippen LogP contribution in [0.25, 0.3) is 10.8 Å². The van der Waals surface area contributed by atoms with E-state index < -0.39 is 11.5 Å². The Bertz CT molecular complexity index is 1720. The number of aromatic hydroxyl groups is 1. The van der Waals surface area contributed by atoms with Gasteiger partial charge in [0.05, 0.1) is 27.2 Å². The molecule has 7 rings (SSSR count). The van der Waals surface area contributed by atoms with Gasteiger partial charge in [-0.05, 0) is 71.6 Å². The Morgan fingerprint density at radius 1 is 0.902 bits per heavy atom. The lowest BCUT2D eigenvalue weighted by Gasteiger charge is -2.38. The number of nitrogens with zero attached hydrogens (tertiary/aromatic N) is 1. The fourth-order valence-electron chi connectivity index (χ4n) is 7.87. The number of benzene rings is 4. The number of carbonyl (C=O) groups is 2. The van der Waals surface area contributed by atoms with Crippen molar-refractivity contribution >= 4 is 22.3 Å². The Morgan fingerprint density at radius 3 is 2.41 bits per heavy atom. The summed E-state index contributed by atoms with van der Waals surface area (Å²) >= 11 is 0. The maximum Gasteiger partial charge on any atom is 0.189 e. The Balaban J connectivity index is 1.51. The molecular weight excluding hydrogens is 518 g/mol. The lowest BCUT2D eigenvalue weighted by Crippen LogP contribution is -2.51. The van der Waals surface area contributed by atoms with Gasteiger partial charge in [-0.3, -0.25) is 14.5 Å². The zero-order chi connectivity index (χ0) is 28.5. The molecular formula is C34H31NO6. The van der Waals surface area contributed by atoms with Crippen LogP contribution in [0.3, 0.4) is 0 Å². The number of ether oxygens (including phenoxy) is 3. The molecule has 2 heterocycles. The van der Waals surface area contributed by atoms with Crippen LogP contribution in [0, 0.1) is 5.92 Å². The highest BCUT2D eigenvalue weighted by atomic mass is 16.5. The average Bonchev–Trinajstić information content (AvgIpc) is 3.66. The van der Waals surface area contributed by atoms with Gasteiger partial charge >= 0.3 is 0 Å². The van der Waals surface area contributed by atoms with E-state index in [0.29, 0.717) is 34.9 Å². The lowest BCUT2D eigenvalue weighted by atomic mass is 9.68. The number of Topliss-reactive ketones (excluding diaryl/α,β-unsaturated/α-hetero) is 2. The molecule has 0 aromatic heterocycles. The molecule has 208 valence electrons. The number of hydrogen-bond acceptors (Lipinski definition) is 7.